The molecule has 0 N–H and O–H groups in total. The van der Waals surface area contributed by atoms with Crippen LogP contribution in [0.2, 0.25) is 0 Å². The van der Waals surface area contributed by atoms with Gasteiger partial charge in [-0.3, -0.25) is 4.98 Å². The lowest BCUT2D eigenvalue weighted by Gasteiger charge is -2.06. The molecule has 1 heterocycles. The van der Waals surface area contributed by atoms with Crippen molar-refractivity contribution in [3.63, 3.8) is 0 Å². The van der Waals surface area contributed by atoms with Gasteiger partial charge in [-0.1, -0.05) is 6.92 Å². The molecule has 12 heavy (non-hydrogen) atoms. The Hall–Kier alpha value is -0.850. The summed E-state index contributed by atoms with van der Waals surface area (Å²) in [5, 5.41) is 0. The minimum absolute atomic E-state index is 1.16. The van der Waals surface area contributed by atoms with Crippen LogP contribution in [0.1, 0.15) is 35.9 Å². The van der Waals surface area contributed by atoms with Crippen molar-refractivity contribution < 1.29 is 0 Å². The number of pyridine rings is 1. The number of aryl methyl sites for hydroxylation is 3. The van der Waals surface area contributed by atoms with Crippen LogP contribution in [0, 0.1) is 6.92 Å². The summed E-state index contributed by atoms with van der Waals surface area (Å²) in [5.74, 6) is 0. The van der Waals surface area contributed by atoms with Crippen molar-refractivity contribution in [2.75, 3.05) is 0 Å². The van der Waals surface area contributed by atoms with Crippen LogP contribution in [0.3, 0.4) is 0 Å². The van der Waals surface area contributed by atoms with Gasteiger partial charge >= 0.3 is 0 Å². The highest BCUT2D eigenvalue weighted by Gasteiger charge is 2.15. The number of hydrogen-bond acceptors (Lipinski definition) is 1. The van der Waals surface area contributed by atoms with E-state index in [-0.39, 0.29) is 0 Å². The lowest BCUT2D eigenvalue weighted by Crippen LogP contribution is -1.96. The van der Waals surface area contributed by atoms with E-state index in [9.17, 15) is 0 Å². The molecule has 0 fully saturated rings. The first kappa shape index (κ1) is 7.78. The smallest absolute Gasteiger partial charge is 0.0441 e. The summed E-state index contributed by atoms with van der Waals surface area (Å²) in [6.45, 7) is 4.32. The molecule has 0 aliphatic heterocycles. The van der Waals surface area contributed by atoms with Crippen molar-refractivity contribution in [2.24, 2.45) is 0 Å². The second-order valence-corrected chi connectivity index (χ2v) is 3.56. The SMILES string of the molecule is CCc1cc(C)nc2c1CCC2. The standard InChI is InChI=1S/C11H15N/c1-3-9-7-8(2)12-11-6-4-5-10(9)11/h7H,3-6H2,1-2H3. The Morgan fingerprint density at radius 3 is 3.00 bits per heavy atom. The van der Waals surface area contributed by atoms with Crippen LogP contribution in [0.5, 0.6) is 0 Å². The van der Waals surface area contributed by atoms with Gasteiger partial charge < -0.3 is 0 Å². The Labute approximate surface area is 73.8 Å². The first-order chi connectivity index (χ1) is 5.81. The van der Waals surface area contributed by atoms with E-state index in [1.807, 2.05) is 0 Å². The fourth-order valence-corrected chi connectivity index (χ4v) is 2.10. The average Bonchev–Trinajstić information content (AvgIpc) is 2.50. The molecule has 0 spiro atoms. The summed E-state index contributed by atoms with van der Waals surface area (Å²) in [5.41, 5.74) is 5.62. The highest BCUT2D eigenvalue weighted by Crippen LogP contribution is 2.24. The zero-order valence-electron chi connectivity index (χ0n) is 7.85. The quantitative estimate of drug-likeness (QED) is 0.616. The van der Waals surface area contributed by atoms with Gasteiger partial charge in [-0.2, -0.15) is 0 Å². The summed E-state index contributed by atoms with van der Waals surface area (Å²) in [6, 6.07) is 2.24. The third kappa shape index (κ3) is 1.13. The molecule has 1 aliphatic carbocycles. The topological polar surface area (TPSA) is 12.9 Å². The highest BCUT2D eigenvalue weighted by molar-refractivity contribution is 5.35. The summed E-state index contributed by atoms with van der Waals surface area (Å²) < 4.78 is 0. The van der Waals surface area contributed by atoms with Gasteiger partial charge in [0.15, 0.2) is 0 Å². The molecule has 1 aliphatic rings. The van der Waals surface area contributed by atoms with Crippen molar-refractivity contribution in [3.05, 3.63) is 28.6 Å². The van der Waals surface area contributed by atoms with Crippen molar-refractivity contribution >= 4 is 0 Å². The van der Waals surface area contributed by atoms with Gasteiger partial charge in [0.1, 0.15) is 0 Å². The Bertz CT molecular complexity index is 302. The molecule has 1 heteroatoms. The predicted molar refractivity (Wildman–Crippen MR) is 50.4 cm³/mol. The van der Waals surface area contributed by atoms with Crippen LogP contribution in [0.4, 0.5) is 0 Å². The Balaban J connectivity index is 2.55. The van der Waals surface area contributed by atoms with Gasteiger partial charge in [0, 0.05) is 11.4 Å². The zero-order valence-corrected chi connectivity index (χ0v) is 7.85. The van der Waals surface area contributed by atoms with Gasteiger partial charge in [-0.05, 0) is 49.8 Å². The van der Waals surface area contributed by atoms with Crippen LogP contribution in [0.25, 0.3) is 0 Å². The van der Waals surface area contributed by atoms with E-state index in [1.165, 1.54) is 36.2 Å². The number of aromatic nitrogens is 1. The number of nitrogens with zero attached hydrogens (tertiary/aromatic N) is 1. The van der Waals surface area contributed by atoms with Crippen LogP contribution in [0.15, 0.2) is 6.07 Å². The Kier molecular flexibility index (Phi) is 1.87. The van der Waals surface area contributed by atoms with Gasteiger partial charge in [0.25, 0.3) is 0 Å². The highest BCUT2D eigenvalue weighted by atomic mass is 14.7. The molecule has 0 atom stereocenters. The van der Waals surface area contributed by atoms with Crippen molar-refractivity contribution in [1.82, 2.24) is 4.98 Å². The van der Waals surface area contributed by atoms with E-state index in [2.05, 4.69) is 24.9 Å². The van der Waals surface area contributed by atoms with Crippen LogP contribution in [-0.2, 0) is 19.3 Å². The lowest BCUT2D eigenvalue weighted by atomic mass is 10.0. The fourth-order valence-electron chi connectivity index (χ4n) is 2.10. The maximum absolute atomic E-state index is 4.56. The van der Waals surface area contributed by atoms with Crippen LogP contribution < -0.4 is 0 Å². The summed E-state index contributed by atoms with van der Waals surface area (Å²) >= 11 is 0. The molecule has 0 unspecified atom stereocenters. The first-order valence-electron chi connectivity index (χ1n) is 4.79. The molecule has 0 amide bonds. The fraction of sp³-hybridized carbons (Fsp3) is 0.545. The maximum atomic E-state index is 4.56. The minimum atomic E-state index is 1.16. The molecule has 0 radical (unpaired) electrons. The largest absolute Gasteiger partial charge is 0.258 e. The molecule has 0 aromatic carbocycles. The molecule has 1 nitrogen and oxygen atoms in total. The summed E-state index contributed by atoms with van der Waals surface area (Å²) in [4.78, 5) is 4.56. The van der Waals surface area contributed by atoms with Crippen LogP contribution >= 0.6 is 0 Å². The first-order valence-corrected chi connectivity index (χ1v) is 4.79. The number of rotatable bonds is 1. The second kappa shape index (κ2) is 2.89. The van der Waals surface area contributed by atoms with E-state index >= 15 is 0 Å². The van der Waals surface area contributed by atoms with Crippen molar-refractivity contribution in [1.29, 1.82) is 0 Å². The van der Waals surface area contributed by atoms with Gasteiger partial charge in [-0.15, -0.1) is 0 Å². The third-order valence-corrected chi connectivity index (χ3v) is 2.65. The van der Waals surface area contributed by atoms with E-state index in [0.29, 0.717) is 0 Å². The Morgan fingerprint density at radius 1 is 1.42 bits per heavy atom. The van der Waals surface area contributed by atoms with Crippen molar-refractivity contribution in [3.8, 4) is 0 Å². The molecule has 0 saturated heterocycles. The molecule has 2 rings (SSSR count). The van der Waals surface area contributed by atoms with E-state index in [1.54, 1.807) is 5.56 Å². The molecule has 1 aromatic rings. The average molecular weight is 161 g/mol. The van der Waals surface area contributed by atoms with Gasteiger partial charge in [0.2, 0.25) is 0 Å². The predicted octanol–water partition coefficient (Wildman–Crippen LogP) is 2.44. The van der Waals surface area contributed by atoms with E-state index in [4.69, 9.17) is 0 Å². The normalized spacial score (nSPS) is 14.8. The molecule has 0 saturated carbocycles. The van der Waals surface area contributed by atoms with Gasteiger partial charge in [0.05, 0.1) is 0 Å². The summed E-state index contributed by atoms with van der Waals surface area (Å²) in [6.07, 6.45) is 4.92. The summed E-state index contributed by atoms with van der Waals surface area (Å²) in [7, 11) is 0. The lowest BCUT2D eigenvalue weighted by molar-refractivity contribution is 0.895. The molecular formula is C11H15N. The molecule has 64 valence electrons. The maximum Gasteiger partial charge on any atom is 0.0441 e. The van der Waals surface area contributed by atoms with Crippen molar-refractivity contribution in [2.45, 2.75) is 39.5 Å². The number of fused-ring (bicyclic) bond motifs is 1. The Morgan fingerprint density at radius 2 is 2.25 bits per heavy atom. The minimum Gasteiger partial charge on any atom is -0.258 e. The molecule has 0 bridgehead atoms. The monoisotopic (exact) mass is 161 g/mol. The molecule has 1 aromatic heterocycles. The number of hydrogen-bond donors (Lipinski definition) is 0. The molecular weight excluding hydrogens is 146 g/mol. The zero-order chi connectivity index (χ0) is 8.55. The van der Waals surface area contributed by atoms with Crippen LogP contribution in [-0.4, -0.2) is 4.98 Å². The van der Waals surface area contributed by atoms with E-state index in [0.717, 1.165) is 6.42 Å². The van der Waals surface area contributed by atoms with Gasteiger partial charge in [-0.25, -0.2) is 0 Å². The second-order valence-electron chi connectivity index (χ2n) is 3.56. The van der Waals surface area contributed by atoms with E-state index < -0.39 is 0 Å². The third-order valence-electron chi connectivity index (χ3n) is 2.65.